The van der Waals surface area contributed by atoms with E-state index in [9.17, 15) is 21.6 Å². The number of sulfonamides is 1. The van der Waals surface area contributed by atoms with Crippen LogP contribution in [0.1, 0.15) is 26.3 Å². The Morgan fingerprint density at radius 3 is 2.14 bits per heavy atom. The molecule has 0 fully saturated rings. The monoisotopic (exact) mass is 513 g/mol. The maximum atomic E-state index is 13.2. The van der Waals surface area contributed by atoms with Gasteiger partial charge in [0, 0.05) is 7.05 Å². The first kappa shape index (κ1) is 26.4. The van der Waals surface area contributed by atoms with E-state index in [1.807, 2.05) is 20.8 Å². The Balaban J connectivity index is 2.01. The Bertz CT molecular complexity index is 1260. The van der Waals surface area contributed by atoms with Crippen LogP contribution in [0.4, 0.5) is 19.0 Å². The SMILES string of the molecule is Cn1nc(OCCO)c(-c2ccc(OC(F)(F)F)cc2)c1NS(=O)(=O)c1ccc(C(C)(C)C)cc1. The summed E-state index contributed by atoms with van der Waals surface area (Å²) in [6, 6.07) is 11.3. The number of benzene rings is 2. The van der Waals surface area contributed by atoms with Gasteiger partial charge in [0.2, 0.25) is 5.88 Å². The van der Waals surface area contributed by atoms with Gasteiger partial charge < -0.3 is 14.6 Å². The molecule has 2 aromatic carbocycles. The highest BCUT2D eigenvalue weighted by atomic mass is 32.2. The third-order valence-corrected chi connectivity index (χ3v) is 6.34. The lowest BCUT2D eigenvalue weighted by molar-refractivity contribution is -0.274. The maximum Gasteiger partial charge on any atom is 0.573 e. The van der Waals surface area contributed by atoms with Gasteiger partial charge in [0.05, 0.1) is 17.1 Å². The minimum atomic E-state index is -4.85. The topological polar surface area (TPSA) is 103 Å². The Labute approximate surface area is 201 Å². The molecule has 1 aromatic heterocycles. The van der Waals surface area contributed by atoms with E-state index in [1.54, 1.807) is 12.1 Å². The quantitative estimate of drug-likeness (QED) is 0.461. The van der Waals surface area contributed by atoms with Crippen molar-refractivity contribution in [2.45, 2.75) is 37.4 Å². The van der Waals surface area contributed by atoms with Crippen LogP contribution in [-0.2, 0) is 22.5 Å². The van der Waals surface area contributed by atoms with Gasteiger partial charge in [0.1, 0.15) is 18.2 Å². The number of aromatic nitrogens is 2. The van der Waals surface area contributed by atoms with Crippen molar-refractivity contribution in [3.63, 3.8) is 0 Å². The van der Waals surface area contributed by atoms with E-state index in [2.05, 4.69) is 14.6 Å². The first-order valence-electron chi connectivity index (χ1n) is 10.5. The molecule has 0 aliphatic heterocycles. The van der Waals surface area contributed by atoms with Crippen LogP contribution in [0.25, 0.3) is 11.1 Å². The lowest BCUT2D eigenvalue weighted by atomic mass is 9.87. The van der Waals surface area contributed by atoms with Gasteiger partial charge in [-0.25, -0.2) is 13.1 Å². The van der Waals surface area contributed by atoms with Crippen molar-refractivity contribution in [2.24, 2.45) is 7.05 Å². The van der Waals surface area contributed by atoms with Gasteiger partial charge in [-0.2, -0.15) is 0 Å². The van der Waals surface area contributed by atoms with E-state index in [0.717, 1.165) is 17.7 Å². The molecule has 3 aromatic rings. The number of alkyl halides is 3. The van der Waals surface area contributed by atoms with Crippen LogP contribution in [0, 0.1) is 0 Å². The van der Waals surface area contributed by atoms with Crippen LogP contribution in [-0.4, -0.2) is 42.9 Å². The van der Waals surface area contributed by atoms with Crippen molar-refractivity contribution in [1.82, 2.24) is 9.78 Å². The summed E-state index contributed by atoms with van der Waals surface area (Å²) in [7, 11) is -2.57. The predicted molar refractivity (Wildman–Crippen MR) is 124 cm³/mol. The van der Waals surface area contributed by atoms with Gasteiger partial charge in [-0.05, 0) is 40.8 Å². The summed E-state index contributed by atoms with van der Waals surface area (Å²) >= 11 is 0. The van der Waals surface area contributed by atoms with Crippen LogP contribution >= 0.6 is 0 Å². The number of anilines is 1. The summed E-state index contributed by atoms with van der Waals surface area (Å²) in [6.45, 7) is 5.58. The molecular weight excluding hydrogens is 487 g/mol. The van der Waals surface area contributed by atoms with Gasteiger partial charge in [-0.3, -0.25) is 4.72 Å². The zero-order valence-corrected chi connectivity index (χ0v) is 20.4. The van der Waals surface area contributed by atoms with Crippen molar-refractivity contribution >= 4 is 15.8 Å². The zero-order valence-electron chi connectivity index (χ0n) is 19.5. The Morgan fingerprint density at radius 1 is 1.03 bits per heavy atom. The molecule has 8 nitrogen and oxygen atoms in total. The third-order valence-electron chi connectivity index (χ3n) is 4.98. The summed E-state index contributed by atoms with van der Waals surface area (Å²) in [5, 5.41) is 13.3. The van der Waals surface area contributed by atoms with Crippen LogP contribution in [0.5, 0.6) is 11.6 Å². The zero-order chi connectivity index (χ0) is 26.0. The van der Waals surface area contributed by atoms with Crippen molar-refractivity contribution in [3.8, 4) is 22.8 Å². The summed E-state index contributed by atoms with van der Waals surface area (Å²) in [5.74, 6) is -0.418. The number of rotatable bonds is 8. The number of nitrogens with one attached hydrogen (secondary N) is 1. The number of halogens is 3. The minimum absolute atomic E-state index is 0.00757. The first-order valence-corrected chi connectivity index (χ1v) is 12.0. The predicted octanol–water partition coefficient (Wildman–Crippen LogP) is 4.46. The largest absolute Gasteiger partial charge is 0.573 e. The maximum absolute atomic E-state index is 13.2. The molecule has 0 saturated heterocycles. The van der Waals surface area contributed by atoms with Gasteiger partial charge in [-0.15, -0.1) is 18.3 Å². The van der Waals surface area contributed by atoms with Crippen molar-refractivity contribution in [3.05, 3.63) is 54.1 Å². The number of hydrogen-bond donors (Lipinski definition) is 2. The van der Waals surface area contributed by atoms with Gasteiger partial charge in [0.15, 0.2) is 0 Å². The molecule has 0 radical (unpaired) electrons. The number of aliphatic hydroxyl groups is 1. The molecule has 0 atom stereocenters. The Kier molecular flexibility index (Phi) is 7.37. The molecule has 0 bridgehead atoms. The molecule has 0 spiro atoms. The average molecular weight is 514 g/mol. The molecule has 0 amide bonds. The molecule has 190 valence electrons. The lowest BCUT2D eigenvalue weighted by Gasteiger charge is -2.19. The summed E-state index contributed by atoms with van der Waals surface area (Å²) in [6.07, 6.45) is -4.85. The second-order valence-electron chi connectivity index (χ2n) is 8.68. The fraction of sp³-hybridized carbons (Fsp3) is 0.348. The van der Waals surface area contributed by atoms with Crippen LogP contribution in [0.2, 0.25) is 0 Å². The first-order chi connectivity index (χ1) is 16.2. The van der Waals surface area contributed by atoms with E-state index >= 15 is 0 Å². The average Bonchev–Trinajstić information content (AvgIpc) is 3.05. The van der Waals surface area contributed by atoms with Crippen LogP contribution in [0.15, 0.2) is 53.4 Å². The highest BCUT2D eigenvalue weighted by Crippen LogP contribution is 2.38. The molecule has 0 aliphatic rings. The molecule has 35 heavy (non-hydrogen) atoms. The third kappa shape index (κ3) is 6.45. The van der Waals surface area contributed by atoms with Gasteiger partial charge in [0.25, 0.3) is 10.0 Å². The Morgan fingerprint density at radius 2 is 1.63 bits per heavy atom. The van der Waals surface area contributed by atoms with Crippen molar-refractivity contribution < 1.29 is 36.2 Å². The van der Waals surface area contributed by atoms with Gasteiger partial charge >= 0.3 is 6.36 Å². The summed E-state index contributed by atoms with van der Waals surface area (Å²) < 4.78 is 77.0. The molecule has 12 heteroatoms. The molecule has 1 heterocycles. The molecule has 0 unspecified atom stereocenters. The van der Waals surface area contributed by atoms with E-state index in [-0.39, 0.29) is 40.8 Å². The Hall–Kier alpha value is -3.25. The van der Waals surface area contributed by atoms with Crippen LogP contribution < -0.4 is 14.2 Å². The number of aliphatic hydroxyl groups excluding tert-OH is 1. The van der Waals surface area contributed by atoms with Gasteiger partial charge in [-0.1, -0.05) is 45.0 Å². The second-order valence-corrected chi connectivity index (χ2v) is 10.4. The fourth-order valence-electron chi connectivity index (χ4n) is 3.26. The van der Waals surface area contributed by atoms with E-state index in [0.29, 0.717) is 5.56 Å². The summed E-state index contributed by atoms with van der Waals surface area (Å²) in [5.41, 5.74) is 1.31. The lowest BCUT2D eigenvalue weighted by Crippen LogP contribution is -2.17. The number of ether oxygens (including phenoxy) is 2. The second kappa shape index (κ2) is 9.78. The number of hydrogen-bond acceptors (Lipinski definition) is 6. The van der Waals surface area contributed by atoms with E-state index in [4.69, 9.17) is 9.84 Å². The number of nitrogens with zero attached hydrogens (tertiary/aromatic N) is 2. The van der Waals surface area contributed by atoms with E-state index in [1.165, 1.54) is 36.0 Å². The van der Waals surface area contributed by atoms with Crippen molar-refractivity contribution in [1.29, 1.82) is 0 Å². The highest BCUT2D eigenvalue weighted by Gasteiger charge is 2.31. The normalized spacial score (nSPS) is 12.5. The van der Waals surface area contributed by atoms with Crippen LogP contribution in [0.3, 0.4) is 0 Å². The molecule has 0 aliphatic carbocycles. The standard InChI is InChI=1S/C23H26F3N3O5S/c1-22(2,3)16-7-11-18(12-8-16)35(31,32)28-20-19(21(27-29(20)4)33-14-13-30)15-5-9-17(10-6-15)34-23(24,25)26/h5-12,28,30H,13-14H2,1-4H3. The molecule has 3 rings (SSSR count). The minimum Gasteiger partial charge on any atom is -0.474 e. The number of aryl methyl sites for hydroxylation is 1. The van der Waals surface area contributed by atoms with Crippen molar-refractivity contribution in [2.75, 3.05) is 17.9 Å². The smallest absolute Gasteiger partial charge is 0.474 e. The fourth-order valence-corrected chi connectivity index (χ4v) is 4.36. The highest BCUT2D eigenvalue weighted by molar-refractivity contribution is 7.92. The molecular formula is C23H26F3N3O5S. The molecule has 0 saturated carbocycles. The van der Waals surface area contributed by atoms with E-state index < -0.39 is 22.1 Å². The molecule has 2 N–H and O–H groups in total. The summed E-state index contributed by atoms with van der Waals surface area (Å²) in [4.78, 5) is 0.0180.